The predicted octanol–water partition coefficient (Wildman–Crippen LogP) is 2.97. The van der Waals surface area contributed by atoms with E-state index in [1.807, 2.05) is 31.2 Å². The van der Waals surface area contributed by atoms with Crippen LogP contribution in [0.3, 0.4) is 0 Å². The summed E-state index contributed by atoms with van der Waals surface area (Å²) in [6.07, 6.45) is 2.37. The van der Waals surface area contributed by atoms with Crippen molar-refractivity contribution in [2.75, 3.05) is 5.32 Å². The third-order valence-corrected chi connectivity index (χ3v) is 2.93. The van der Waals surface area contributed by atoms with Gasteiger partial charge in [0.2, 0.25) is 0 Å². The molecule has 2 aromatic heterocycles. The maximum Gasteiger partial charge on any atom is 0.291 e. The number of nitrogens with zero attached hydrogens (tertiary/aromatic N) is 1. The minimum absolute atomic E-state index is 0.268. The highest BCUT2D eigenvalue weighted by Crippen LogP contribution is 2.20. The quantitative estimate of drug-likeness (QED) is 0.755. The summed E-state index contributed by atoms with van der Waals surface area (Å²) >= 11 is 0. The topological polar surface area (TPSA) is 70.9 Å². The van der Waals surface area contributed by atoms with Crippen LogP contribution >= 0.6 is 0 Å². The predicted molar refractivity (Wildman–Crippen MR) is 72.1 cm³/mol. The molecule has 0 spiro atoms. The van der Waals surface area contributed by atoms with Crippen LogP contribution in [-0.2, 0) is 6.42 Å². The lowest BCUT2D eigenvalue weighted by molar-refractivity contribution is 0.0995. The normalized spacial score (nSPS) is 10.8. The van der Waals surface area contributed by atoms with E-state index >= 15 is 0 Å². The van der Waals surface area contributed by atoms with E-state index in [2.05, 4.69) is 15.3 Å². The summed E-state index contributed by atoms with van der Waals surface area (Å²) in [7, 11) is 0. The molecule has 0 aliphatic rings. The first-order valence-corrected chi connectivity index (χ1v) is 6.10. The lowest BCUT2D eigenvalue weighted by atomic mass is 10.2. The number of amides is 1. The van der Waals surface area contributed by atoms with Crippen LogP contribution < -0.4 is 5.32 Å². The first kappa shape index (κ1) is 11.5. The maximum atomic E-state index is 12.1. The number of aromatic amines is 1. The second-order valence-corrected chi connectivity index (χ2v) is 4.18. The van der Waals surface area contributed by atoms with Gasteiger partial charge in [0.25, 0.3) is 5.91 Å². The van der Waals surface area contributed by atoms with Gasteiger partial charge < -0.3 is 14.7 Å². The number of carbonyl (C=O) groups is 1. The Morgan fingerprint density at radius 1 is 1.37 bits per heavy atom. The van der Waals surface area contributed by atoms with Crippen molar-refractivity contribution in [1.82, 2.24) is 9.97 Å². The summed E-state index contributed by atoms with van der Waals surface area (Å²) in [6, 6.07) is 9.06. The zero-order chi connectivity index (χ0) is 13.2. The van der Waals surface area contributed by atoms with E-state index < -0.39 is 0 Å². The van der Waals surface area contributed by atoms with Crippen molar-refractivity contribution in [3.8, 4) is 0 Å². The first-order chi connectivity index (χ1) is 9.28. The molecule has 0 saturated heterocycles. The van der Waals surface area contributed by atoms with Gasteiger partial charge in [0.05, 0.1) is 17.5 Å². The van der Waals surface area contributed by atoms with Gasteiger partial charge in [-0.1, -0.05) is 13.0 Å². The third kappa shape index (κ3) is 2.10. The molecule has 0 bridgehead atoms. The Balaban J connectivity index is 1.88. The summed E-state index contributed by atoms with van der Waals surface area (Å²) < 4.78 is 5.42. The van der Waals surface area contributed by atoms with E-state index in [4.69, 9.17) is 4.42 Å². The summed E-state index contributed by atoms with van der Waals surface area (Å²) in [6.45, 7) is 1.98. The van der Waals surface area contributed by atoms with E-state index in [9.17, 15) is 4.79 Å². The van der Waals surface area contributed by atoms with Gasteiger partial charge in [-0.3, -0.25) is 4.79 Å². The monoisotopic (exact) mass is 255 g/mol. The number of aryl methyl sites for hydroxylation is 1. The van der Waals surface area contributed by atoms with E-state index in [1.54, 1.807) is 12.4 Å². The highest BCUT2D eigenvalue weighted by Gasteiger charge is 2.13. The molecule has 0 fully saturated rings. The van der Waals surface area contributed by atoms with Crippen molar-refractivity contribution >= 4 is 22.6 Å². The molecule has 0 saturated carbocycles. The van der Waals surface area contributed by atoms with Gasteiger partial charge in [-0.2, -0.15) is 0 Å². The molecule has 0 aliphatic heterocycles. The molecule has 0 unspecified atom stereocenters. The maximum absolute atomic E-state index is 12.1. The highest BCUT2D eigenvalue weighted by molar-refractivity contribution is 6.06. The van der Waals surface area contributed by atoms with Crippen molar-refractivity contribution in [3.05, 3.63) is 48.2 Å². The highest BCUT2D eigenvalue weighted by atomic mass is 16.3. The molecular formula is C14H13N3O2. The van der Waals surface area contributed by atoms with E-state index in [0.717, 1.165) is 23.2 Å². The summed E-state index contributed by atoms with van der Waals surface area (Å²) in [5.41, 5.74) is 2.28. The fraction of sp³-hybridized carbons (Fsp3) is 0.143. The molecule has 0 aliphatic carbocycles. The van der Waals surface area contributed by atoms with Crippen LogP contribution in [0.2, 0.25) is 0 Å². The average Bonchev–Trinajstić information content (AvgIpc) is 3.08. The standard InChI is InChI=1S/C14H13N3O2/c1-2-9-6-7-12(19-9)14(18)17-11-5-3-4-10-13(11)16-8-15-10/h3-8H,2H2,1H3,(H,15,16)(H,17,18). The number of imidazole rings is 1. The minimum Gasteiger partial charge on any atom is -0.456 e. The number of H-pyrrole nitrogens is 1. The van der Waals surface area contributed by atoms with Gasteiger partial charge in [-0.15, -0.1) is 0 Å². The molecule has 96 valence electrons. The summed E-state index contributed by atoms with van der Waals surface area (Å²) in [5, 5.41) is 2.81. The minimum atomic E-state index is -0.268. The molecule has 2 N–H and O–H groups in total. The van der Waals surface area contributed by atoms with Crippen molar-refractivity contribution in [2.24, 2.45) is 0 Å². The van der Waals surface area contributed by atoms with Crippen LogP contribution in [0, 0.1) is 0 Å². The smallest absolute Gasteiger partial charge is 0.291 e. The molecule has 1 aromatic carbocycles. The fourth-order valence-electron chi connectivity index (χ4n) is 1.94. The number of benzene rings is 1. The molecule has 5 heteroatoms. The number of aromatic nitrogens is 2. The van der Waals surface area contributed by atoms with E-state index in [0.29, 0.717) is 11.4 Å². The molecule has 5 nitrogen and oxygen atoms in total. The summed E-state index contributed by atoms with van der Waals surface area (Å²) in [5.74, 6) is 0.836. The lowest BCUT2D eigenvalue weighted by Crippen LogP contribution is -2.11. The molecule has 19 heavy (non-hydrogen) atoms. The van der Waals surface area contributed by atoms with Crippen LogP contribution in [0.1, 0.15) is 23.2 Å². The average molecular weight is 255 g/mol. The van der Waals surface area contributed by atoms with Gasteiger partial charge in [-0.25, -0.2) is 4.98 Å². The Morgan fingerprint density at radius 2 is 2.26 bits per heavy atom. The molecule has 1 amide bonds. The Bertz CT molecular complexity index is 727. The fourth-order valence-corrected chi connectivity index (χ4v) is 1.94. The number of hydrogen-bond acceptors (Lipinski definition) is 3. The number of fused-ring (bicyclic) bond motifs is 1. The molecule has 2 heterocycles. The molecular weight excluding hydrogens is 242 g/mol. The Kier molecular flexibility index (Phi) is 2.79. The second kappa shape index (κ2) is 4.61. The van der Waals surface area contributed by atoms with Gasteiger partial charge >= 0.3 is 0 Å². The molecule has 3 rings (SSSR count). The van der Waals surface area contributed by atoms with Crippen LogP contribution in [-0.4, -0.2) is 15.9 Å². The van der Waals surface area contributed by atoms with Crippen molar-refractivity contribution in [1.29, 1.82) is 0 Å². The van der Waals surface area contributed by atoms with Gasteiger partial charge in [0, 0.05) is 6.42 Å². The molecule has 3 aromatic rings. The van der Waals surface area contributed by atoms with Gasteiger partial charge in [0.15, 0.2) is 5.76 Å². The van der Waals surface area contributed by atoms with Gasteiger partial charge in [0.1, 0.15) is 11.3 Å². The zero-order valence-corrected chi connectivity index (χ0v) is 10.4. The van der Waals surface area contributed by atoms with Crippen molar-refractivity contribution < 1.29 is 9.21 Å². The van der Waals surface area contributed by atoms with Crippen LogP contribution in [0.15, 0.2) is 41.1 Å². The number of rotatable bonds is 3. The number of para-hydroxylation sites is 1. The lowest BCUT2D eigenvalue weighted by Gasteiger charge is -2.03. The number of anilines is 1. The largest absolute Gasteiger partial charge is 0.456 e. The SMILES string of the molecule is CCc1ccc(C(=O)Nc2cccc3[nH]cnc23)o1. The summed E-state index contributed by atoms with van der Waals surface area (Å²) in [4.78, 5) is 19.3. The molecule has 0 atom stereocenters. The van der Waals surface area contributed by atoms with Crippen LogP contribution in [0.25, 0.3) is 11.0 Å². The zero-order valence-electron chi connectivity index (χ0n) is 10.4. The number of furan rings is 1. The third-order valence-electron chi connectivity index (χ3n) is 2.93. The number of carbonyl (C=O) groups excluding carboxylic acids is 1. The van der Waals surface area contributed by atoms with E-state index in [-0.39, 0.29) is 5.91 Å². The second-order valence-electron chi connectivity index (χ2n) is 4.18. The molecule has 0 radical (unpaired) electrons. The number of hydrogen-bond donors (Lipinski definition) is 2. The first-order valence-electron chi connectivity index (χ1n) is 6.10. The Morgan fingerprint density at radius 3 is 3.05 bits per heavy atom. The van der Waals surface area contributed by atoms with Crippen molar-refractivity contribution in [2.45, 2.75) is 13.3 Å². The Labute approximate surface area is 109 Å². The van der Waals surface area contributed by atoms with Gasteiger partial charge in [-0.05, 0) is 24.3 Å². The van der Waals surface area contributed by atoms with E-state index in [1.165, 1.54) is 0 Å². The van der Waals surface area contributed by atoms with Crippen molar-refractivity contribution in [3.63, 3.8) is 0 Å². The Hall–Kier alpha value is -2.56. The van der Waals surface area contributed by atoms with Crippen LogP contribution in [0.4, 0.5) is 5.69 Å². The van der Waals surface area contributed by atoms with Crippen LogP contribution in [0.5, 0.6) is 0 Å². The number of nitrogens with one attached hydrogen (secondary N) is 2.